The molecule has 59 heavy (non-hydrogen) atoms. The number of methoxy groups -OCH3 is 2. The number of nitrogens with zero attached hydrogens (tertiary/aromatic N) is 3. The molecule has 0 aliphatic rings. The number of para-hydroxylation sites is 2. The molecule has 1 aromatic heterocycles. The van der Waals surface area contributed by atoms with Crippen molar-refractivity contribution in [3.05, 3.63) is 212 Å². The predicted octanol–water partition coefficient (Wildman–Crippen LogP) is 14.6. The van der Waals surface area contributed by atoms with E-state index in [1.165, 1.54) is 27.3 Å². The number of anilines is 6. The van der Waals surface area contributed by atoms with E-state index in [4.69, 9.17) is 9.47 Å². The highest BCUT2D eigenvalue weighted by Crippen LogP contribution is 2.43. The first-order valence-corrected chi connectivity index (χ1v) is 19.8. The summed E-state index contributed by atoms with van der Waals surface area (Å²) < 4.78 is 13.5. The molecular formula is C54H41N3O2. The largest absolute Gasteiger partial charge is 0.497 e. The molecule has 0 unspecified atom stereocenters. The molecule has 0 radical (unpaired) electrons. The zero-order valence-electron chi connectivity index (χ0n) is 32.9. The Hall–Kier alpha value is -7.76. The molecule has 0 saturated carbocycles. The lowest BCUT2D eigenvalue weighted by atomic mass is 10.0. The van der Waals surface area contributed by atoms with Crippen LogP contribution < -0.4 is 19.3 Å². The zero-order chi connectivity index (χ0) is 39.7. The van der Waals surface area contributed by atoms with Crippen molar-refractivity contribution in [3.63, 3.8) is 0 Å². The smallest absolute Gasteiger partial charge is 0.119 e. The summed E-state index contributed by atoms with van der Waals surface area (Å²) in [5, 5.41) is 4.72. The molecule has 0 fully saturated rings. The van der Waals surface area contributed by atoms with Gasteiger partial charge in [-0.25, -0.2) is 0 Å². The molecular weight excluding hydrogens is 723 g/mol. The first-order chi connectivity index (χ1) is 29.1. The van der Waals surface area contributed by atoms with Gasteiger partial charge in [-0.3, -0.25) is 0 Å². The van der Waals surface area contributed by atoms with Gasteiger partial charge >= 0.3 is 0 Å². The highest BCUT2D eigenvalue weighted by molar-refractivity contribution is 6.14. The average molecular weight is 764 g/mol. The van der Waals surface area contributed by atoms with Crippen LogP contribution in [0.5, 0.6) is 11.5 Å². The molecule has 0 aliphatic carbocycles. The van der Waals surface area contributed by atoms with Crippen molar-refractivity contribution < 1.29 is 9.47 Å². The minimum Gasteiger partial charge on any atom is -0.497 e. The van der Waals surface area contributed by atoms with E-state index in [9.17, 15) is 0 Å². The molecule has 10 aromatic rings. The first-order valence-electron chi connectivity index (χ1n) is 19.8. The fourth-order valence-corrected chi connectivity index (χ4v) is 8.24. The summed E-state index contributed by atoms with van der Waals surface area (Å²) in [6.07, 6.45) is 0. The standard InChI is InChI=1S/C54H41N3O2/c1-58-49-29-24-44(25-30-49)55(42-14-8-4-9-15-42)47-23-20-40-35-52-51-33-28-48(56(43-16-10-5-11-17-43)45-26-31-50(59-2)32-27-45)37-54(51)57(53(52)36-41(40)34-47)46-21-18-39(19-22-46)38-12-6-3-7-13-38/h3-37H,1-2H3. The number of rotatable bonds is 10. The van der Waals surface area contributed by atoms with Crippen molar-refractivity contribution in [1.29, 1.82) is 0 Å². The van der Waals surface area contributed by atoms with Crippen LogP contribution in [0.25, 0.3) is 49.4 Å². The van der Waals surface area contributed by atoms with Gasteiger partial charge in [0.1, 0.15) is 11.5 Å². The van der Waals surface area contributed by atoms with E-state index < -0.39 is 0 Å². The minimum absolute atomic E-state index is 0.822. The Balaban J connectivity index is 1.18. The predicted molar refractivity (Wildman–Crippen MR) is 246 cm³/mol. The van der Waals surface area contributed by atoms with E-state index in [0.717, 1.165) is 67.7 Å². The van der Waals surface area contributed by atoms with E-state index in [1.807, 2.05) is 24.3 Å². The lowest BCUT2D eigenvalue weighted by molar-refractivity contribution is 0.414. The number of ether oxygens (including phenoxy) is 2. The van der Waals surface area contributed by atoms with Crippen LogP contribution in [0.2, 0.25) is 0 Å². The van der Waals surface area contributed by atoms with E-state index in [0.29, 0.717) is 0 Å². The van der Waals surface area contributed by atoms with E-state index in [-0.39, 0.29) is 0 Å². The molecule has 5 nitrogen and oxygen atoms in total. The van der Waals surface area contributed by atoms with Gasteiger partial charge in [-0.05, 0) is 143 Å². The Labute approximate surface area is 344 Å². The Bertz CT molecular complexity index is 3040. The van der Waals surface area contributed by atoms with Gasteiger partial charge in [0.05, 0.1) is 25.3 Å². The Morgan fingerprint density at radius 1 is 0.339 bits per heavy atom. The summed E-state index contributed by atoms with van der Waals surface area (Å²) in [5.74, 6) is 1.65. The maximum atomic E-state index is 5.53. The Morgan fingerprint density at radius 2 is 0.797 bits per heavy atom. The second-order valence-corrected chi connectivity index (χ2v) is 14.6. The van der Waals surface area contributed by atoms with Crippen LogP contribution in [0.4, 0.5) is 34.1 Å². The monoisotopic (exact) mass is 763 g/mol. The molecule has 5 heteroatoms. The summed E-state index contributed by atoms with van der Waals surface area (Å²) in [5.41, 5.74) is 12.1. The molecule has 284 valence electrons. The minimum atomic E-state index is 0.822. The van der Waals surface area contributed by atoms with Crippen LogP contribution in [0.3, 0.4) is 0 Å². The van der Waals surface area contributed by atoms with Gasteiger partial charge in [-0.15, -0.1) is 0 Å². The topological polar surface area (TPSA) is 29.9 Å². The quantitative estimate of drug-likeness (QED) is 0.139. The van der Waals surface area contributed by atoms with Gasteiger partial charge in [-0.1, -0.05) is 91.0 Å². The molecule has 0 amide bonds. The van der Waals surface area contributed by atoms with Gasteiger partial charge < -0.3 is 23.8 Å². The second-order valence-electron chi connectivity index (χ2n) is 14.6. The van der Waals surface area contributed by atoms with Gasteiger partial charge in [0.25, 0.3) is 0 Å². The van der Waals surface area contributed by atoms with E-state index >= 15 is 0 Å². The molecule has 0 saturated heterocycles. The van der Waals surface area contributed by atoms with Crippen LogP contribution in [0.1, 0.15) is 0 Å². The maximum absolute atomic E-state index is 5.53. The summed E-state index contributed by atoms with van der Waals surface area (Å²) >= 11 is 0. The highest BCUT2D eigenvalue weighted by Gasteiger charge is 2.20. The van der Waals surface area contributed by atoms with Crippen LogP contribution in [-0.4, -0.2) is 18.8 Å². The summed E-state index contributed by atoms with van der Waals surface area (Å²) in [4.78, 5) is 4.60. The summed E-state index contributed by atoms with van der Waals surface area (Å²) in [6.45, 7) is 0. The second kappa shape index (κ2) is 15.3. The number of aromatic nitrogens is 1. The number of hydrogen-bond acceptors (Lipinski definition) is 4. The Morgan fingerprint density at radius 3 is 1.36 bits per heavy atom. The summed E-state index contributed by atoms with van der Waals surface area (Å²) in [7, 11) is 3.40. The highest BCUT2D eigenvalue weighted by atomic mass is 16.5. The van der Waals surface area contributed by atoms with E-state index in [2.05, 4.69) is 202 Å². The van der Waals surface area contributed by atoms with Gasteiger partial charge in [-0.2, -0.15) is 0 Å². The average Bonchev–Trinajstić information content (AvgIpc) is 3.62. The molecule has 0 N–H and O–H groups in total. The normalized spacial score (nSPS) is 11.2. The molecule has 1 heterocycles. The number of hydrogen-bond donors (Lipinski definition) is 0. The maximum Gasteiger partial charge on any atom is 0.119 e. The van der Waals surface area contributed by atoms with Gasteiger partial charge in [0, 0.05) is 50.6 Å². The van der Waals surface area contributed by atoms with E-state index in [1.54, 1.807) is 14.2 Å². The number of benzene rings is 9. The molecule has 10 rings (SSSR count). The third-order valence-electron chi connectivity index (χ3n) is 11.1. The SMILES string of the molecule is COc1ccc(N(c2ccccc2)c2ccc3cc4c5ccc(N(c6ccccc6)c6ccc(OC)cc6)cc5n(-c5ccc(-c6ccccc6)cc5)c4cc3c2)cc1. The first kappa shape index (κ1) is 35.6. The van der Waals surface area contributed by atoms with Crippen LogP contribution in [0, 0.1) is 0 Å². The Kier molecular flexibility index (Phi) is 9.24. The number of fused-ring (bicyclic) bond motifs is 4. The van der Waals surface area contributed by atoms with Crippen molar-refractivity contribution in [1.82, 2.24) is 4.57 Å². The van der Waals surface area contributed by atoms with Crippen molar-refractivity contribution in [2.45, 2.75) is 0 Å². The van der Waals surface area contributed by atoms with Gasteiger partial charge in [0.15, 0.2) is 0 Å². The van der Waals surface area contributed by atoms with Crippen LogP contribution in [0.15, 0.2) is 212 Å². The molecule has 0 atom stereocenters. The molecule has 0 bridgehead atoms. The zero-order valence-corrected chi connectivity index (χ0v) is 32.9. The lowest BCUT2D eigenvalue weighted by Gasteiger charge is -2.26. The third-order valence-corrected chi connectivity index (χ3v) is 11.1. The molecule has 9 aromatic carbocycles. The van der Waals surface area contributed by atoms with Crippen LogP contribution >= 0.6 is 0 Å². The van der Waals surface area contributed by atoms with Crippen molar-refractivity contribution in [2.75, 3.05) is 24.0 Å². The summed E-state index contributed by atoms with van der Waals surface area (Å²) in [6, 6.07) is 75.4. The van der Waals surface area contributed by atoms with Crippen molar-refractivity contribution >= 4 is 66.7 Å². The van der Waals surface area contributed by atoms with Crippen LogP contribution in [-0.2, 0) is 0 Å². The fourth-order valence-electron chi connectivity index (χ4n) is 8.24. The van der Waals surface area contributed by atoms with Gasteiger partial charge in [0.2, 0.25) is 0 Å². The molecule has 0 spiro atoms. The van der Waals surface area contributed by atoms with Crippen molar-refractivity contribution in [3.8, 4) is 28.3 Å². The van der Waals surface area contributed by atoms with Crippen molar-refractivity contribution in [2.24, 2.45) is 0 Å². The fraction of sp³-hybridized carbons (Fsp3) is 0.0370. The molecule has 0 aliphatic heterocycles. The lowest BCUT2D eigenvalue weighted by Crippen LogP contribution is -2.10. The third kappa shape index (κ3) is 6.69.